The zero-order chi connectivity index (χ0) is 11.4. The molecule has 0 aliphatic carbocycles. The smallest absolute Gasteiger partial charge is 0.0762 e. The van der Waals surface area contributed by atoms with E-state index < -0.39 is 0 Å². The molecule has 4 heteroatoms. The number of nitrogens with one attached hydrogen (secondary N) is 1. The summed E-state index contributed by atoms with van der Waals surface area (Å²) in [6.45, 7) is 1.64. The molecule has 0 fully saturated rings. The van der Waals surface area contributed by atoms with E-state index in [1.807, 2.05) is 36.1 Å². The Hall–Kier alpha value is -1.13. The minimum atomic E-state index is 0.794. The highest BCUT2D eigenvalue weighted by Crippen LogP contribution is 2.15. The third-order valence-corrected chi connectivity index (χ3v) is 3.12. The van der Waals surface area contributed by atoms with Crippen molar-refractivity contribution in [3.63, 3.8) is 0 Å². The molecule has 1 aromatic heterocycles. The Morgan fingerprint density at radius 3 is 2.75 bits per heavy atom. The Balaban J connectivity index is 1.87. The van der Waals surface area contributed by atoms with E-state index in [9.17, 15) is 0 Å². The zero-order valence-corrected chi connectivity index (χ0v) is 10.7. The average molecular weight is 280 g/mol. The quantitative estimate of drug-likeness (QED) is 0.932. The first-order chi connectivity index (χ1) is 7.75. The maximum atomic E-state index is 4.31. The highest BCUT2D eigenvalue weighted by molar-refractivity contribution is 9.10. The second kappa shape index (κ2) is 5.27. The lowest BCUT2D eigenvalue weighted by molar-refractivity contribution is 0.655. The zero-order valence-electron chi connectivity index (χ0n) is 9.15. The third kappa shape index (κ3) is 2.93. The van der Waals surface area contributed by atoms with E-state index in [-0.39, 0.29) is 0 Å². The number of nitrogens with zero attached hydrogens (tertiary/aromatic N) is 2. The van der Waals surface area contributed by atoms with Crippen LogP contribution < -0.4 is 5.32 Å². The Morgan fingerprint density at radius 2 is 2.06 bits per heavy atom. The van der Waals surface area contributed by atoms with Crippen LogP contribution >= 0.6 is 15.9 Å². The van der Waals surface area contributed by atoms with Crippen molar-refractivity contribution in [2.45, 2.75) is 13.1 Å². The number of hydrogen-bond acceptors (Lipinski definition) is 2. The molecule has 0 spiro atoms. The SMILES string of the molecule is Cn1ccc(CNCc2ccccc2Br)n1. The van der Waals surface area contributed by atoms with Crippen LogP contribution in [0.1, 0.15) is 11.3 Å². The monoisotopic (exact) mass is 279 g/mol. The fourth-order valence-electron chi connectivity index (χ4n) is 1.52. The molecule has 16 heavy (non-hydrogen) atoms. The van der Waals surface area contributed by atoms with Gasteiger partial charge in [0.15, 0.2) is 0 Å². The van der Waals surface area contributed by atoms with Crippen LogP contribution in [0.15, 0.2) is 41.0 Å². The molecule has 84 valence electrons. The summed E-state index contributed by atoms with van der Waals surface area (Å²) < 4.78 is 2.96. The van der Waals surface area contributed by atoms with Crippen molar-refractivity contribution in [1.82, 2.24) is 15.1 Å². The molecular formula is C12H14BrN3. The Labute approximate surface area is 104 Å². The largest absolute Gasteiger partial charge is 0.307 e. The molecule has 0 aliphatic rings. The summed E-state index contributed by atoms with van der Waals surface area (Å²) in [4.78, 5) is 0. The van der Waals surface area contributed by atoms with E-state index in [4.69, 9.17) is 0 Å². The van der Waals surface area contributed by atoms with Gasteiger partial charge in [-0.1, -0.05) is 34.1 Å². The molecular weight excluding hydrogens is 266 g/mol. The van der Waals surface area contributed by atoms with Crippen LogP contribution in [0.2, 0.25) is 0 Å². The van der Waals surface area contributed by atoms with Crippen LogP contribution in [0.25, 0.3) is 0 Å². The second-order valence-electron chi connectivity index (χ2n) is 3.68. The molecule has 2 aromatic rings. The van der Waals surface area contributed by atoms with Crippen molar-refractivity contribution < 1.29 is 0 Å². The van der Waals surface area contributed by atoms with E-state index >= 15 is 0 Å². The molecule has 0 radical (unpaired) electrons. The van der Waals surface area contributed by atoms with Gasteiger partial charge in [0.2, 0.25) is 0 Å². The molecule has 0 unspecified atom stereocenters. The standard InChI is InChI=1S/C12H14BrN3/c1-16-7-6-11(15-16)9-14-8-10-4-2-3-5-12(10)13/h2-7,14H,8-9H2,1H3. The van der Waals surface area contributed by atoms with E-state index in [1.165, 1.54) is 5.56 Å². The Bertz CT molecular complexity index is 465. The number of rotatable bonds is 4. The van der Waals surface area contributed by atoms with Gasteiger partial charge < -0.3 is 5.32 Å². The van der Waals surface area contributed by atoms with Crippen molar-refractivity contribution in [2.75, 3.05) is 0 Å². The van der Waals surface area contributed by atoms with Crippen LogP contribution in [-0.4, -0.2) is 9.78 Å². The molecule has 0 atom stereocenters. The summed E-state index contributed by atoms with van der Waals surface area (Å²) in [5.41, 5.74) is 2.33. The lowest BCUT2D eigenvalue weighted by Gasteiger charge is -2.05. The molecule has 1 heterocycles. The van der Waals surface area contributed by atoms with E-state index in [0.717, 1.165) is 23.3 Å². The van der Waals surface area contributed by atoms with E-state index in [2.05, 4.69) is 38.5 Å². The van der Waals surface area contributed by atoms with Gasteiger partial charge in [-0.2, -0.15) is 5.10 Å². The number of benzene rings is 1. The van der Waals surface area contributed by atoms with Crippen LogP contribution in [0.4, 0.5) is 0 Å². The molecule has 1 N–H and O–H groups in total. The molecule has 1 aromatic carbocycles. The van der Waals surface area contributed by atoms with Crippen LogP contribution in [0.3, 0.4) is 0 Å². The minimum absolute atomic E-state index is 0.794. The van der Waals surface area contributed by atoms with Crippen molar-refractivity contribution in [3.8, 4) is 0 Å². The second-order valence-corrected chi connectivity index (χ2v) is 4.53. The van der Waals surface area contributed by atoms with Crippen molar-refractivity contribution in [3.05, 3.63) is 52.3 Å². The van der Waals surface area contributed by atoms with Gasteiger partial charge in [-0.25, -0.2) is 0 Å². The number of aromatic nitrogens is 2. The number of aryl methyl sites for hydroxylation is 1. The summed E-state index contributed by atoms with van der Waals surface area (Å²) in [7, 11) is 1.93. The molecule has 2 rings (SSSR count). The fourth-order valence-corrected chi connectivity index (χ4v) is 1.95. The number of halogens is 1. The lowest BCUT2D eigenvalue weighted by atomic mass is 10.2. The van der Waals surface area contributed by atoms with Gasteiger partial charge in [-0.15, -0.1) is 0 Å². The van der Waals surface area contributed by atoms with Gasteiger partial charge in [0.1, 0.15) is 0 Å². The lowest BCUT2D eigenvalue weighted by Crippen LogP contribution is -2.13. The number of hydrogen-bond donors (Lipinski definition) is 1. The third-order valence-electron chi connectivity index (χ3n) is 2.35. The Kier molecular flexibility index (Phi) is 3.74. The summed E-state index contributed by atoms with van der Waals surface area (Å²) in [6, 6.07) is 10.2. The van der Waals surface area contributed by atoms with Gasteiger partial charge in [0.25, 0.3) is 0 Å². The van der Waals surface area contributed by atoms with Gasteiger partial charge in [0, 0.05) is 30.8 Å². The summed E-state index contributed by atoms with van der Waals surface area (Å²) in [5.74, 6) is 0. The van der Waals surface area contributed by atoms with Crippen molar-refractivity contribution in [1.29, 1.82) is 0 Å². The first kappa shape index (κ1) is 11.4. The topological polar surface area (TPSA) is 29.9 Å². The normalized spacial score (nSPS) is 10.6. The summed E-state index contributed by atoms with van der Waals surface area (Å²) in [6.07, 6.45) is 1.95. The predicted octanol–water partition coefficient (Wildman–Crippen LogP) is 2.47. The maximum Gasteiger partial charge on any atom is 0.0762 e. The molecule has 0 aliphatic heterocycles. The highest BCUT2D eigenvalue weighted by atomic mass is 79.9. The van der Waals surface area contributed by atoms with Gasteiger partial charge in [-0.3, -0.25) is 4.68 Å². The maximum absolute atomic E-state index is 4.31. The van der Waals surface area contributed by atoms with Gasteiger partial charge in [-0.05, 0) is 17.7 Å². The fraction of sp³-hybridized carbons (Fsp3) is 0.250. The van der Waals surface area contributed by atoms with E-state index in [0.29, 0.717) is 0 Å². The van der Waals surface area contributed by atoms with Crippen molar-refractivity contribution >= 4 is 15.9 Å². The molecule has 0 saturated heterocycles. The molecule has 3 nitrogen and oxygen atoms in total. The summed E-state index contributed by atoms with van der Waals surface area (Å²) in [5, 5.41) is 7.67. The average Bonchev–Trinajstić information content (AvgIpc) is 2.67. The Morgan fingerprint density at radius 1 is 1.25 bits per heavy atom. The van der Waals surface area contributed by atoms with Gasteiger partial charge in [0.05, 0.1) is 5.69 Å². The van der Waals surface area contributed by atoms with Crippen molar-refractivity contribution in [2.24, 2.45) is 7.05 Å². The van der Waals surface area contributed by atoms with Gasteiger partial charge >= 0.3 is 0 Å². The van der Waals surface area contributed by atoms with Crippen LogP contribution in [0.5, 0.6) is 0 Å². The van der Waals surface area contributed by atoms with Crippen LogP contribution in [-0.2, 0) is 20.1 Å². The minimum Gasteiger partial charge on any atom is -0.307 e. The summed E-state index contributed by atoms with van der Waals surface area (Å²) >= 11 is 3.53. The first-order valence-electron chi connectivity index (χ1n) is 5.18. The van der Waals surface area contributed by atoms with E-state index in [1.54, 1.807) is 0 Å². The first-order valence-corrected chi connectivity index (χ1v) is 5.97. The molecule has 0 amide bonds. The highest BCUT2D eigenvalue weighted by Gasteiger charge is 1.99. The predicted molar refractivity (Wildman–Crippen MR) is 67.9 cm³/mol. The molecule has 0 saturated carbocycles. The molecule has 0 bridgehead atoms. The van der Waals surface area contributed by atoms with Crippen LogP contribution in [0, 0.1) is 0 Å².